The average Bonchev–Trinajstić information content (AvgIpc) is 2.31. The fraction of sp³-hybridized carbons (Fsp3) is 0.500. The highest BCUT2D eigenvalue weighted by molar-refractivity contribution is 5.85. The molecule has 0 bridgehead atoms. The Bertz CT molecular complexity index is 258. The molecule has 76 valence electrons. The summed E-state index contributed by atoms with van der Waals surface area (Å²) in [6.07, 6.45) is -1.77. The van der Waals surface area contributed by atoms with Crippen molar-refractivity contribution in [2.45, 2.75) is 19.3 Å². The minimum Gasteiger partial charge on any atom is -0.325 e. The van der Waals surface area contributed by atoms with Crippen molar-refractivity contribution in [1.29, 1.82) is 0 Å². The molecule has 3 nitrogen and oxygen atoms in total. The number of rotatable bonds is 2. The number of halogens is 4. The van der Waals surface area contributed by atoms with Gasteiger partial charge in [0.15, 0.2) is 0 Å². The maximum atomic E-state index is 11.8. The molecule has 2 N–H and O–H groups in total. The minimum atomic E-state index is -4.22. The Hall–Kier alpha value is -0.750. The quantitative estimate of drug-likeness (QED) is 0.809. The van der Waals surface area contributed by atoms with Gasteiger partial charge in [-0.15, -0.1) is 12.4 Å². The Labute approximate surface area is 79.2 Å². The van der Waals surface area contributed by atoms with Crippen molar-refractivity contribution >= 4 is 12.4 Å². The molecule has 1 aromatic rings. The number of nitrogens with two attached hydrogens (primary N) is 1. The molecule has 1 rings (SSSR count). The molecule has 0 aromatic carbocycles. The molecule has 0 saturated heterocycles. The van der Waals surface area contributed by atoms with Crippen molar-refractivity contribution in [2.75, 3.05) is 0 Å². The number of alkyl halides is 3. The van der Waals surface area contributed by atoms with E-state index >= 15 is 0 Å². The van der Waals surface area contributed by atoms with E-state index in [1.165, 1.54) is 6.20 Å². The molecule has 13 heavy (non-hydrogen) atoms. The van der Waals surface area contributed by atoms with Crippen LogP contribution >= 0.6 is 12.4 Å². The Morgan fingerprint density at radius 3 is 2.54 bits per heavy atom. The molecule has 0 aliphatic carbocycles. The lowest BCUT2D eigenvalue weighted by molar-refractivity contribution is -0.141. The van der Waals surface area contributed by atoms with Crippen LogP contribution in [0.25, 0.3) is 0 Å². The van der Waals surface area contributed by atoms with Gasteiger partial charge in [0.1, 0.15) is 6.54 Å². The van der Waals surface area contributed by atoms with Gasteiger partial charge >= 0.3 is 6.18 Å². The molecule has 1 aromatic heterocycles. The molecule has 7 heteroatoms. The summed E-state index contributed by atoms with van der Waals surface area (Å²) in [5, 5.41) is 0. The summed E-state index contributed by atoms with van der Waals surface area (Å²) in [6, 6.07) is 0. The fourth-order valence-corrected chi connectivity index (χ4v) is 0.854. The van der Waals surface area contributed by atoms with E-state index in [4.69, 9.17) is 5.73 Å². The molecule has 0 unspecified atom stereocenters. The third-order valence-electron chi connectivity index (χ3n) is 1.36. The molecule has 0 amide bonds. The zero-order valence-electron chi connectivity index (χ0n) is 6.58. The van der Waals surface area contributed by atoms with E-state index in [0.717, 1.165) is 10.9 Å². The van der Waals surface area contributed by atoms with Crippen LogP contribution in [0.15, 0.2) is 12.5 Å². The van der Waals surface area contributed by atoms with Gasteiger partial charge < -0.3 is 10.3 Å². The standard InChI is InChI=1S/C6H8F3N3.ClH/c7-6(8,9)3-12-4-11-2-5(12)1-10;/h2,4H,1,3,10H2;1H. The monoisotopic (exact) mass is 215 g/mol. The average molecular weight is 216 g/mol. The van der Waals surface area contributed by atoms with Crippen LogP contribution in [0.3, 0.4) is 0 Å². The van der Waals surface area contributed by atoms with Gasteiger partial charge in [0.25, 0.3) is 0 Å². The molecule has 0 saturated carbocycles. The first-order chi connectivity index (χ1) is 5.53. The summed E-state index contributed by atoms with van der Waals surface area (Å²) >= 11 is 0. The van der Waals surface area contributed by atoms with Gasteiger partial charge in [0.05, 0.1) is 12.0 Å². The van der Waals surface area contributed by atoms with Crippen molar-refractivity contribution in [3.05, 3.63) is 18.2 Å². The van der Waals surface area contributed by atoms with Crippen LogP contribution in [0.1, 0.15) is 5.69 Å². The predicted octanol–water partition coefficient (Wildman–Crippen LogP) is 1.33. The van der Waals surface area contributed by atoms with E-state index in [0.29, 0.717) is 5.69 Å². The molecule has 0 spiro atoms. The lowest BCUT2D eigenvalue weighted by Crippen LogP contribution is -2.19. The maximum absolute atomic E-state index is 11.8. The number of imidazole rings is 1. The largest absolute Gasteiger partial charge is 0.406 e. The van der Waals surface area contributed by atoms with Gasteiger partial charge in [0, 0.05) is 12.7 Å². The summed E-state index contributed by atoms with van der Waals surface area (Å²) in [5.41, 5.74) is 5.57. The third-order valence-corrected chi connectivity index (χ3v) is 1.36. The number of hydrogen-bond donors (Lipinski definition) is 1. The Morgan fingerprint density at radius 1 is 1.46 bits per heavy atom. The van der Waals surface area contributed by atoms with E-state index in [9.17, 15) is 13.2 Å². The number of nitrogens with zero attached hydrogens (tertiary/aromatic N) is 2. The number of aromatic nitrogens is 2. The van der Waals surface area contributed by atoms with Crippen molar-refractivity contribution in [1.82, 2.24) is 9.55 Å². The molecule has 0 aliphatic heterocycles. The summed E-state index contributed by atoms with van der Waals surface area (Å²) in [6.45, 7) is -0.963. The first-order valence-corrected chi connectivity index (χ1v) is 3.29. The van der Waals surface area contributed by atoms with Gasteiger partial charge in [0.2, 0.25) is 0 Å². The van der Waals surface area contributed by atoms with Crippen molar-refractivity contribution in [3.63, 3.8) is 0 Å². The summed E-state index contributed by atoms with van der Waals surface area (Å²) in [7, 11) is 0. The van der Waals surface area contributed by atoms with Gasteiger partial charge in [-0.3, -0.25) is 0 Å². The highest BCUT2D eigenvalue weighted by atomic mass is 35.5. The first kappa shape index (κ1) is 12.2. The maximum Gasteiger partial charge on any atom is 0.406 e. The highest BCUT2D eigenvalue weighted by Crippen LogP contribution is 2.18. The van der Waals surface area contributed by atoms with Gasteiger partial charge in [-0.2, -0.15) is 13.2 Å². The Kier molecular flexibility index (Phi) is 4.22. The van der Waals surface area contributed by atoms with Crippen LogP contribution in [-0.4, -0.2) is 15.7 Å². The smallest absolute Gasteiger partial charge is 0.325 e. The van der Waals surface area contributed by atoms with E-state index in [1.807, 2.05) is 0 Å². The van der Waals surface area contributed by atoms with Gasteiger partial charge in [-0.05, 0) is 0 Å². The fourth-order valence-electron chi connectivity index (χ4n) is 0.854. The molecule has 0 fully saturated rings. The molecule has 0 radical (unpaired) electrons. The second-order valence-corrected chi connectivity index (χ2v) is 2.33. The van der Waals surface area contributed by atoms with E-state index < -0.39 is 12.7 Å². The molecular weight excluding hydrogens is 207 g/mol. The summed E-state index contributed by atoms with van der Waals surface area (Å²) in [4.78, 5) is 3.56. The van der Waals surface area contributed by atoms with Gasteiger partial charge in [-0.1, -0.05) is 0 Å². The topological polar surface area (TPSA) is 43.8 Å². The summed E-state index contributed by atoms with van der Waals surface area (Å²) in [5.74, 6) is 0. The molecular formula is C6H9ClF3N3. The molecule has 0 aliphatic rings. The number of hydrogen-bond acceptors (Lipinski definition) is 2. The van der Waals surface area contributed by atoms with Crippen LogP contribution in [0.4, 0.5) is 13.2 Å². The molecule has 0 atom stereocenters. The van der Waals surface area contributed by atoms with Crippen molar-refractivity contribution < 1.29 is 13.2 Å². The van der Waals surface area contributed by atoms with Crippen LogP contribution in [0, 0.1) is 0 Å². The lowest BCUT2D eigenvalue weighted by atomic mass is 10.4. The lowest BCUT2D eigenvalue weighted by Gasteiger charge is -2.09. The van der Waals surface area contributed by atoms with Crippen molar-refractivity contribution in [2.24, 2.45) is 5.73 Å². The zero-order chi connectivity index (χ0) is 9.19. The Morgan fingerprint density at radius 2 is 2.08 bits per heavy atom. The van der Waals surface area contributed by atoms with Gasteiger partial charge in [-0.25, -0.2) is 4.98 Å². The van der Waals surface area contributed by atoms with E-state index in [-0.39, 0.29) is 19.0 Å². The van der Waals surface area contributed by atoms with Crippen LogP contribution in [0.2, 0.25) is 0 Å². The SMILES string of the molecule is Cl.NCc1cncn1CC(F)(F)F. The zero-order valence-corrected chi connectivity index (χ0v) is 7.40. The van der Waals surface area contributed by atoms with Crippen LogP contribution < -0.4 is 5.73 Å². The molecule has 1 heterocycles. The summed E-state index contributed by atoms with van der Waals surface area (Å²) < 4.78 is 36.5. The normalized spacial score (nSPS) is 11.1. The first-order valence-electron chi connectivity index (χ1n) is 3.29. The Balaban J connectivity index is 0.00000144. The van der Waals surface area contributed by atoms with Crippen molar-refractivity contribution in [3.8, 4) is 0 Å². The minimum absolute atomic E-state index is 0. The predicted molar refractivity (Wildman–Crippen MR) is 43.4 cm³/mol. The van der Waals surface area contributed by atoms with E-state index in [1.54, 1.807) is 0 Å². The third kappa shape index (κ3) is 3.65. The van der Waals surface area contributed by atoms with Crippen LogP contribution in [0.5, 0.6) is 0 Å². The highest BCUT2D eigenvalue weighted by Gasteiger charge is 2.28. The second-order valence-electron chi connectivity index (χ2n) is 2.33. The van der Waals surface area contributed by atoms with E-state index in [2.05, 4.69) is 4.98 Å². The van der Waals surface area contributed by atoms with Crippen LogP contribution in [-0.2, 0) is 13.1 Å². The second kappa shape index (κ2) is 4.48.